The summed E-state index contributed by atoms with van der Waals surface area (Å²) in [4.78, 5) is 23.1. The Kier molecular flexibility index (Phi) is 6.44. The van der Waals surface area contributed by atoms with E-state index in [0.717, 1.165) is 4.68 Å². The Bertz CT molecular complexity index is 420. The van der Waals surface area contributed by atoms with Gasteiger partial charge in [0.05, 0.1) is 6.61 Å². The maximum absolute atomic E-state index is 11.6. The van der Waals surface area contributed by atoms with Crippen molar-refractivity contribution in [2.24, 2.45) is 0 Å². The molecular formula is C10H17N5O4. The van der Waals surface area contributed by atoms with Crippen molar-refractivity contribution in [3.8, 4) is 0 Å². The van der Waals surface area contributed by atoms with Crippen molar-refractivity contribution in [1.82, 2.24) is 25.5 Å². The molecule has 1 aromatic rings. The molecule has 0 atom stereocenters. The quantitative estimate of drug-likeness (QED) is 0.477. The van der Waals surface area contributed by atoms with Crippen LogP contribution in [0.25, 0.3) is 0 Å². The molecular weight excluding hydrogens is 254 g/mol. The molecule has 0 aliphatic carbocycles. The van der Waals surface area contributed by atoms with Crippen LogP contribution >= 0.6 is 0 Å². The van der Waals surface area contributed by atoms with Gasteiger partial charge in [-0.2, -0.15) is 0 Å². The molecule has 1 heterocycles. The Hall–Kier alpha value is -2.03. The summed E-state index contributed by atoms with van der Waals surface area (Å²) in [6.45, 7) is 2.82. The molecule has 0 aliphatic rings. The minimum atomic E-state index is -0.653. The summed E-state index contributed by atoms with van der Waals surface area (Å²) in [6.07, 6.45) is 0.711. The normalized spacial score (nSPS) is 10.2. The van der Waals surface area contributed by atoms with Crippen molar-refractivity contribution in [1.29, 1.82) is 0 Å². The van der Waals surface area contributed by atoms with Gasteiger partial charge >= 0.3 is 5.97 Å². The molecule has 0 spiro atoms. The summed E-state index contributed by atoms with van der Waals surface area (Å²) in [7, 11) is 1.59. The van der Waals surface area contributed by atoms with Gasteiger partial charge in [-0.1, -0.05) is 0 Å². The lowest BCUT2D eigenvalue weighted by atomic mass is 10.4. The largest absolute Gasteiger partial charge is 0.460 e. The number of carbonyl (C=O) groups excluding carboxylic acids is 2. The van der Waals surface area contributed by atoms with Crippen LogP contribution in [0.4, 0.5) is 0 Å². The van der Waals surface area contributed by atoms with E-state index < -0.39 is 5.97 Å². The minimum absolute atomic E-state index is 0.0890. The number of nitrogens with zero attached hydrogens (tertiary/aromatic N) is 4. The number of rotatable bonds is 8. The summed E-state index contributed by atoms with van der Waals surface area (Å²) in [6, 6.07) is 0. The number of amides is 1. The van der Waals surface area contributed by atoms with Crippen molar-refractivity contribution < 1.29 is 19.1 Å². The molecule has 9 nitrogen and oxygen atoms in total. The third-order valence-corrected chi connectivity index (χ3v) is 2.13. The fourth-order valence-corrected chi connectivity index (χ4v) is 1.29. The molecule has 0 fully saturated rings. The molecule has 9 heteroatoms. The van der Waals surface area contributed by atoms with Crippen LogP contribution in [0.3, 0.4) is 0 Å². The van der Waals surface area contributed by atoms with Gasteiger partial charge in [0.25, 0.3) is 5.82 Å². The van der Waals surface area contributed by atoms with Gasteiger partial charge < -0.3 is 14.8 Å². The van der Waals surface area contributed by atoms with E-state index in [1.807, 2.05) is 0 Å². The standard InChI is InChI=1S/C10H17N5O4/c1-3-19-10(17)9-12-13-14-15(9)7-8(16)11-5-4-6-18-2/h3-7H2,1-2H3,(H,11,16). The first-order valence-electron chi connectivity index (χ1n) is 5.88. The second-order valence-electron chi connectivity index (χ2n) is 3.58. The molecule has 1 N–H and O–H groups in total. The van der Waals surface area contributed by atoms with E-state index in [4.69, 9.17) is 9.47 Å². The van der Waals surface area contributed by atoms with E-state index in [0.29, 0.717) is 19.6 Å². The Morgan fingerprint density at radius 2 is 2.21 bits per heavy atom. The van der Waals surface area contributed by atoms with Gasteiger partial charge in [0.1, 0.15) is 6.54 Å². The van der Waals surface area contributed by atoms with Gasteiger partial charge in [-0.3, -0.25) is 4.79 Å². The van der Waals surface area contributed by atoms with Gasteiger partial charge in [-0.15, -0.1) is 5.10 Å². The molecule has 0 aliphatic heterocycles. The van der Waals surface area contributed by atoms with Crippen LogP contribution < -0.4 is 5.32 Å². The van der Waals surface area contributed by atoms with Crippen molar-refractivity contribution in [3.63, 3.8) is 0 Å². The summed E-state index contributed by atoms with van der Waals surface area (Å²) in [5.74, 6) is -1.03. The molecule has 1 aromatic heterocycles. The number of tetrazole rings is 1. The third kappa shape index (κ3) is 5.00. The van der Waals surface area contributed by atoms with Gasteiger partial charge in [-0.05, 0) is 23.8 Å². The zero-order valence-electron chi connectivity index (χ0n) is 11.0. The van der Waals surface area contributed by atoms with Crippen molar-refractivity contribution in [3.05, 3.63) is 5.82 Å². The Balaban J connectivity index is 2.46. The number of esters is 1. The Morgan fingerprint density at radius 1 is 1.42 bits per heavy atom. The van der Waals surface area contributed by atoms with E-state index in [-0.39, 0.29) is 24.9 Å². The lowest BCUT2D eigenvalue weighted by Gasteiger charge is -2.05. The second-order valence-corrected chi connectivity index (χ2v) is 3.58. The highest BCUT2D eigenvalue weighted by Crippen LogP contribution is 1.95. The van der Waals surface area contributed by atoms with Gasteiger partial charge in [0.15, 0.2) is 0 Å². The van der Waals surface area contributed by atoms with E-state index in [2.05, 4.69) is 20.8 Å². The van der Waals surface area contributed by atoms with Gasteiger partial charge in [0.2, 0.25) is 5.91 Å². The topological polar surface area (TPSA) is 108 Å². The first-order valence-corrected chi connectivity index (χ1v) is 5.88. The van der Waals surface area contributed by atoms with Gasteiger partial charge in [0, 0.05) is 20.3 Å². The van der Waals surface area contributed by atoms with E-state index in [9.17, 15) is 9.59 Å². The zero-order valence-corrected chi connectivity index (χ0v) is 11.0. The first kappa shape index (κ1) is 15.0. The Morgan fingerprint density at radius 3 is 2.89 bits per heavy atom. The third-order valence-electron chi connectivity index (χ3n) is 2.13. The molecule has 0 aromatic carbocycles. The number of carbonyl (C=O) groups is 2. The fraction of sp³-hybridized carbons (Fsp3) is 0.700. The highest BCUT2D eigenvalue weighted by atomic mass is 16.5. The molecule has 0 unspecified atom stereocenters. The maximum Gasteiger partial charge on any atom is 0.378 e. The average molecular weight is 271 g/mol. The highest BCUT2D eigenvalue weighted by molar-refractivity contribution is 5.86. The number of ether oxygens (including phenoxy) is 2. The SMILES string of the molecule is CCOC(=O)c1nnnn1CC(=O)NCCCOC. The molecule has 106 valence electrons. The molecule has 1 rings (SSSR count). The molecule has 0 saturated carbocycles. The number of methoxy groups -OCH3 is 1. The van der Waals surface area contributed by atoms with Crippen LogP contribution in [0.5, 0.6) is 0 Å². The number of nitrogens with one attached hydrogen (secondary N) is 1. The smallest absolute Gasteiger partial charge is 0.378 e. The predicted molar refractivity (Wildman–Crippen MR) is 63.3 cm³/mol. The van der Waals surface area contributed by atoms with Crippen LogP contribution in [0.1, 0.15) is 24.0 Å². The van der Waals surface area contributed by atoms with Crippen LogP contribution in [-0.2, 0) is 20.8 Å². The molecule has 0 radical (unpaired) electrons. The van der Waals surface area contributed by atoms with E-state index in [1.165, 1.54) is 0 Å². The second kappa shape index (κ2) is 8.14. The molecule has 19 heavy (non-hydrogen) atoms. The van der Waals surface area contributed by atoms with E-state index in [1.54, 1.807) is 14.0 Å². The van der Waals surface area contributed by atoms with Crippen LogP contribution in [0, 0.1) is 0 Å². The monoisotopic (exact) mass is 271 g/mol. The summed E-state index contributed by atoms with van der Waals surface area (Å²) in [5.41, 5.74) is 0. The first-order chi connectivity index (χ1) is 9.19. The molecule has 1 amide bonds. The molecule has 0 saturated heterocycles. The number of aromatic nitrogens is 4. The lowest BCUT2D eigenvalue weighted by molar-refractivity contribution is -0.121. The van der Waals surface area contributed by atoms with E-state index >= 15 is 0 Å². The van der Waals surface area contributed by atoms with Crippen LogP contribution in [0.2, 0.25) is 0 Å². The number of hydrogen-bond donors (Lipinski definition) is 1. The lowest BCUT2D eigenvalue weighted by Crippen LogP contribution is -2.30. The zero-order chi connectivity index (χ0) is 14.1. The highest BCUT2D eigenvalue weighted by Gasteiger charge is 2.18. The minimum Gasteiger partial charge on any atom is -0.460 e. The Labute approximate surface area is 110 Å². The maximum atomic E-state index is 11.6. The summed E-state index contributed by atoms with van der Waals surface area (Å²) in [5, 5.41) is 13.1. The fourth-order valence-electron chi connectivity index (χ4n) is 1.29. The van der Waals surface area contributed by atoms with Gasteiger partial charge in [-0.25, -0.2) is 9.48 Å². The summed E-state index contributed by atoms with van der Waals surface area (Å²) >= 11 is 0. The van der Waals surface area contributed by atoms with Crippen LogP contribution in [-0.4, -0.2) is 59.0 Å². The van der Waals surface area contributed by atoms with Crippen molar-refractivity contribution >= 4 is 11.9 Å². The van der Waals surface area contributed by atoms with Crippen LogP contribution in [0.15, 0.2) is 0 Å². The number of hydrogen-bond acceptors (Lipinski definition) is 7. The van der Waals surface area contributed by atoms with Crippen molar-refractivity contribution in [2.45, 2.75) is 19.9 Å². The molecule has 0 bridgehead atoms. The van der Waals surface area contributed by atoms with Crippen molar-refractivity contribution in [2.75, 3.05) is 26.9 Å². The summed E-state index contributed by atoms with van der Waals surface area (Å²) < 4.78 is 10.7. The average Bonchev–Trinajstić information content (AvgIpc) is 2.83. The predicted octanol–water partition coefficient (Wildman–Crippen LogP) is -0.997.